The number of carbonyl (C=O) groups excluding carboxylic acids is 2. The van der Waals surface area contributed by atoms with Crippen molar-refractivity contribution in [3.63, 3.8) is 0 Å². The fourth-order valence-corrected chi connectivity index (χ4v) is 4.67. The first kappa shape index (κ1) is 26.6. The van der Waals surface area contributed by atoms with Crippen LogP contribution in [-0.2, 0) is 0 Å². The zero-order chi connectivity index (χ0) is 27.4. The van der Waals surface area contributed by atoms with Crippen LogP contribution in [0.3, 0.4) is 0 Å². The topological polar surface area (TPSA) is 105 Å². The molecule has 0 bridgehead atoms. The van der Waals surface area contributed by atoms with Gasteiger partial charge in [-0.15, -0.1) is 0 Å². The van der Waals surface area contributed by atoms with Crippen molar-refractivity contribution in [2.24, 2.45) is 0 Å². The predicted molar refractivity (Wildman–Crippen MR) is 143 cm³/mol. The minimum Gasteiger partial charge on any atom is -0.494 e. The standard InChI is InChI=1S/C28H29FN4O5/c1-31(2)24-12-11-21(33(36)37)17-23(24)27(34)30-20-9-7-18(8-10-20)19-13-15-32(16-14-19)28(35)22-5-4-6-25(38-3)26(22)29/h4-12,17,19H,13-16H2,1-3H3,(H,30,34). The molecule has 1 heterocycles. The summed E-state index contributed by atoms with van der Waals surface area (Å²) in [4.78, 5) is 39.9. The average Bonchev–Trinajstić information content (AvgIpc) is 2.93. The number of methoxy groups -OCH3 is 1. The Morgan fingerprint density at radius 1 is 1.05 bits per heavy atom. The van der Waals surface area contributed by atoms with E-state index < -0.39 is 16.6 Å². The number of ether oxygens (including phenoxy) is 1. The second-order valence-corrected chi connectivity index (χ2v) is 9.32. The smallest absolute Gasteiger partial charge is 0.270 e. The number of nitrogens with one attached hydrogen (secondary N) is 1. The molecule has 4 rings (SSSR count). The number of nitro groups is 1. The summed E-state index contributed by atoms with van der Waals surface area (Å²) in [7, 11) is 4.89. The van der Waals surface area contributed by atoms with Gasteiger partial charge >= 0.3 is 0 Å². The number of rotatable bonds is 7. The third-order valence-corrected chi connectivity index (χ3v) is 6.75. The first-order chi connectivity index (χ1) is 18.2. The van der Waals surface area contributed by atoms with Crippen LogP contribution in [0.5, 0.6) is 5.75 Å². The molecule has 1 fully saturated rings. The number of nitro benzene ring substituents is 1. The molecule has 2 amide bonds. The van der Waals surface area contributed by atoms with Crippen LogP contribution in [-0.4, -0.2) is 55.9 Å². The number of anilines is 2. The maximum absolute atomic E-state index is 14.5. The van der Waals surface area contributed by atoms with Gasteiger partial charge in [-0.25, -0.2) is 4.39 Å². The zero-order valence-electron chi connectivity index (χ0n) is 21.4. The summed E-state index contributed by atoms with van der Waals surface area (Å²) in [6.07, 6.45) is 1.45. The molecule has 38 heavy (non-hydrogen) atoms. The lowest BCUT2D eigenvalue weighted by atomic mass is 9.89. The molecule has 0 radical (unpaired) electrons. The Hall–Kier alpha value is -4.47. The average molecular weight is 521 g/mol. The van der Waals surface area contributed by atoms with Gasteiger partial charge in [0.2, 0.25) is 0 Å². The molecule has 9 nitrogen and oxygen atoms in total. The van der Waals surface area contributed by atoms with Crippen molar-refractivity contribution in [1.82, 2.24) is 4.90 Å². The van der Waals surface area contributed by atoms with E-state index in [9.17, 15) is 24.1 Å². The summed E-state index contributed by atoms with van der Waals surface area (Å²) in [6.45, 7) is 0.997. The van der Waals surface area contributed by atoms with Crippen molar-refractivity contribution < 1.29 is 23.6 Å². The summed E-state index contributed by atoms with van der Waals surface area (Å²) in [5, 5.41) is 14.0. The van der Waals surface area contributed by atoms with Gasteiger partial charge in [0.1, 0.15) is 0 Å². The molecule has 1 aliphatic rings. The number of hydrogen-bond donors (Lipinski definition) is 1. The number of carbonyl (C=O) groups is 2. The van der Waals surface area contributed by atoms with Crippen molar-refractivity contribution in [2.45, 2.75) is 18.8 Å². The molecule has 3 aromatic carbocycles. The van der Waals surface area contributed by atoms with E-state index in [4.69, 9.17) is 4.74 Å². The van der Waals surface area contributed by atoms with E-state index in [1.807, 2.05) is 12.1 Å². The number of benzene rings is 3. The lowest BCUT2D eigenvalue weighted by Gasteiger charge is -2.32. The van der Waals surface area contributed by atoms with Crippen LogP contribution in [0.2, 0.25) is 0 Å². The van der Waals surface area contributed by atoms with Crippen LogP contribution in [0, 0.1) is 15.9 Å². The Labute approximate surface area is 220 Å². The van der Waals surface area contributed by atoms with Crippen LogP contribution in [0.25, 0.3) is 0 Å². The molecule has 1 aliphatic heterocycles. The van der Waals surface area contributed by atoms with E-state index in [-0.39, 0.29) is 34.4 Å². The molecule has 0 unspecified atom stereocenters. The summed E-state index contributed by atoms with van der Waals surface area (Å²) >= 11 is 0. The van der Waals surface area contributed by atoms with Gasteiger partial charge in [0.25, 0.3) is 17.5 Å². The molecule has 10 heteroatoms. The highest BCUT2D eigenvalue weighted by atomic mass is 19.1. The van der Waals surface area contributed by atoms with Gasteiger partial charge in [0.15, 0.2) is 11.6 Å². The summed E-state index contributed by atoms with van der Waals surface area (Å²) in [5.41, 5.74) is 2.26. The van der Waals surface area contributed by atoms with Crippen LogP contribution in [0.15, 0.2) is 60.7 Å². The Balaban J connectivity index is 1.40. The van der Waals surface area contributed by atoms with Gasteiger partial charge < -0.3 is 19.9 Å². The van der Waals surface area contributed by atoms with E-state index in [1.165, 1.54) is 31.4 Å². The molecule has 1 N–H and O–H groups in total. The molecule has 0 aliphatic carbocycles. The van der Waals surface area contributed by atoms with E-state index in [1.54, 1.807) is 48.2 Å². The SMILES string of the molecule is COc1cccc(C(=O)N2CCC(c3ccc(NC(=O)c4cc([N+](=O)[O-])ccc4N(C)C)cc3)CC2)c1F. The van der Waals surface area contributed by atoms with Gasteiger partial charge in [-0.3, -0.25) is 19.7 Å². The number of amides is 2. The van der Waals surface area contributed by atoms with Crippen LogP contribution in [0.4, 0.5) is 21.5 Å². The molecule has 0 aromatic heterocycles. The van der Waals surface area contributed by atoms with E-state index in [2.05, 4.69) is 5.32 Å². The second kappa shape index (κ2) is 11.3. The van der Waals surface area contributed by atoms with Crippen LogP contribution in [0.1, 0.15) is 45.0 Å². The minimum absolute atomic E-state index is 0.00377. The Kier molecular flexibility index (Phi) is 7.90. The fourth-order valence-electron chi connectivity index (χ4n) is 4.67. The summed E-state index contributed by atoms with van der Waals surface area (Å²) in [6, 6.07) is 16.2. The third kappa shape index (κ3) is 5.59. The molecule has 0 spiro atoms. The van der Waals surface area contributed by atoms with Gasteiger partial charge in [0.05, 0.1) is 23.2 Å². The number of non-ortho nitro benzene ring substituents is 1. The van der Waals surface area contributed by atoms with Crippen molar-refractivity contribution in [3.05, 3.63) is 93.3 Å². The molecular formula is C28H29FN4O5. The van der Waals surface area contributed by atoms with Crippen LogP contribution >= 0.6 is 0 Å². The Morgan fingerprint density at radius 3 is 2.34 bits per heavy atom. The Bertz CT molecular complexity index is 1350. The minimum atomic E-state index is -0.650. The maximum Gasteiger partial charge on any atom is 0.270 e. The van der Waals surface area contributed by atoms with Crippen molar-refractivity contribution in [3.8, 4) is 5.75 Å². The van der Waals surface area contributed by atoms with Crippen molar-refractivity contribution in [2.75, 3.05) is 44.5 Å². The second-order valence-electron chi connectivity index (χ2n) is 9.32. The quantitative estimate of drug-likeness (QED) is 0.344. The summed E-state index contributed by atoms with van der Waals surface area (Å²) < 4.78 is 19.5. The number of likely N-dealkylation sites (tertiary alicyclic amines) is 1. The van der Waals surface area contributed by atoms with E-state index in [0.717, 1.165) is 18.4 Å². The number of nitrogens with zero attached hydrogens (tertiary/aromatic N) is 3. The molecule has 1 saturated heterocycles. The largest absolute Gasteiger partial charge is 0.494 e. The first-order valence-electron chi connectivity index (χ1n) is 12.2. The highest BCUT2D eigenvalue weighted by Gasteiger charge is 2.27. The Morgan fingerprint density at radius 2 is 1.74 bits per heavy atom. The monoisotopic (exact) mass is 520 g/mol. The number of piperidine rings is 1. The molecule has 198 valence electrons. The normalized spacial score (nSPS) is 13.6. The molecule has 0 saturated carbocycles. The highest BCUT2D eigenvalue weighted by Crippen LogP contribution is 2.31. The van der Waals surface area contributed by atoms with Gasteiger partial charge in [0, 0.05) is 50.7 Å². The summed E-state index contributed by atoms with van der Waals surface area (Å²) in [5.74, 6) is -1.18. The molecule has 3 aromatic rings. The number of hydrogen-bond acceptors (Lipinski definition) is 6. The highest BCUT2D eigenvalue weighted by molar-refractivity contribution is 6.08. The molecular weight excluding hydrogens is 491 g/mol. The predicted octanol–water partition coefficient (Wildman–Crippen LogP) is 5.08. The lowest BCUT2D eigenvalue weighted by molar-refractivity contribution is -0.384. The first-order valence-corrected chi connectivity index (χ1v) is 12.2. The van der Waals surface area contributed by atoms with Crippen molar-refractivity contribution >= 4 is 28.9 Å². The van der Waals surface area contributed by atoms with Crippen molar-refractivity contribution in [1.29, 1.82) is 0 Å². The van der Waals surface area contributed by atoms with Crippen LogP contribution < -0.4 is 15.0 Å². The fraction of sp³-hybridized carbons (Fsp3) is 0.286. The van der Waals surface area contributed by atoms with Gasteiger partial charge in [-0.1, -0.05) is 18.2 Å². The lowest BCUT2D eigenvalue weighted by Crippen LogP contribution is -2.38. The number of halogens is 1. The zero-order valence-corrected chi connectivity index (χ0v) is 21.4. The van der Waals surface area contributed by atoms with Gasteiger partial charge in [-0.05, 0) is 54.7 Å². The maximum atomic E-state index is 14.5. The molecule has 0 atom stereocenters. The van der Waals surface area contributed by atoms with Gasteiger partial charge in [-0.2, -0.15) is 0 Å². The van der Waals surface area contributed by atoms with E-state index in [0.29, 0.717) is 24.5 Å². The third-order valence-electron chi connectivity index (χ3n) is 6.75. The van der Waals surface area contributed by atoms with E-state index >= 15 is 0 Å².